The topological polar surface area (TPSA) is 23.5 Å². The van der Waals surface area contributed by atoms with Crippen molar-refractivity contribution in [1.29, 1.82) is 0 Å². The Bertz CT molecular complexity index is 221. The highest BCUT2D eigenvalue weighted by Crippen LogP contribution is 2.16. The Labute approximate surface area is 73.4 Å². The van der Waals surface area contributed by atoms with E-state index in [0.717, 1.165) is 5.56 Å². The highest BCUT2D eigenvalue weighted by Gasteiger charge is 2.11. The Hall–Kier alpha value is -0.860. The van der Waals surface area contributed by atoms with Crippen LogP contribution in [0, 0.1) is 7.05 Å². The first kappa shape index (κ1) is 9.23. The minimum absolute atomic E-state index is 0.00574. The van der Waals surface area contributed by atoms with Crippen LogP contribution in [0.25, 0.3) is 0 Å². The highest BCUT2D eigenvalue weighted by atomic mass is 16.3. The molecule has 1 radical (unpaired) electrons. The summed E-state index contributed by atoms with van der Waals surface area (Å²) in [6, 6.07) is 9.86. The van der Waals surface area contributed by atoms with E-state index < -0.39 is 0 Å². The second-order valence-corrected chi connectivity index (χ2v) is 2.87. The lowest BCUT2D eigenvalue weighted by molar-refractivity contribution is 0.183. The fraction of sp³-hybridized carbons (Fsp3) is 0.300. The number of nitrogens with zero attached hydrogens (tertiary/aromatic N) is 1. The third-order valence-corrected chi connectivity index (χ3v) is 1.89. The van der Waals surface area contributed by atoms with Crippen molar-refractivity contribution in [3.05, 3.63) is 42.9 Å². The van der Waals surface area contributed by atoms with E-state index in [-0.39, 0.29) is 12.6 Å². The molecular weight excluding hydrogens is 150 g/mol. The van der Waals surface area contributed by atoms with Gasteiger partial charge in [-0.2, -0.15) is 0 Å². The molecular formula is C10H14NO. The number of hydrogen-bond donors (Lipinski definition) is 1. The molecule has 12 heavy (non-hydrogen) atoms. The number of rotatable bonds is 3. The minimum atomic E-state index is 0.00574. The van der Waals surface area contributed by atoms with E-state index in [2.05, 4.69) is 7.05 Å². The molecule has 0 aliphatic carbocycles. The summed E-state index contributed by atoms with van der Waals surface area (Å²) in [7, 11) is 5.61. The number of aliphatic hydroxyl groups excluding tert-OH is 1. The smallest absolute Gasteiger partial charge is 0.0628 e. The average Bonchev–Trinajstić information content (AvgIpc) is 2.07. The molecule has 1 N–H and O–H groups in total. The quantitative estimate of drug-likeness (QED) is 0.730. The molecule has 0 spiro atoms. The Morgan fingerprint density at radius 1 is 1.42 bits per heavy atom. The van der Waals surface area contributed by atoms with Crippen LogP contribution in [-0.4, -0.2) is 23.7 Å². The van der Waals surface area contributed by atoms with E-state index in [1.54, 1.807) is 4.90 Å². The van der Waals surface area contributed by atoms with Crippen molar-refractivity contribution < 1.29 is 5.11 Å². The SMILES string of the molecule is [CH2]N(C)C(CO)c1ccccc1. The van der Waals surface area contributed by atoms with Crippen molar-refractivity contribution in [1.82, 2.24) is 4.90 Å². The molecule has 65 valence electrons. The summed E-state index contributed by atoms with van der Waals surface area (Å²) in [4.78, 5) is 1.76. The van der Waals surface area contributed by atoms with Gasteiger partial charge in [0.25, 0.3) is 0 Å². The maximum atomic E-state index is 9.07. The first-order valence-electron chi connectivity index (χ1n) is 3.95. The first-order chi connectivity index (χ1) is 5.75. The summed E-state index contributed by atoms with van der Waals surface area (Å²) in [5.74, 6) is 0. The fourth-order valence-corrected chi connectivity index (χ4v) is 1.17. The van der Waals surface area contributed by atoms with E-state index in [4.69, 9.17) is 5.11 Å². The van der Waals surface area contributed by atoms with Gasteiger partial charge in [-0.3, -0.25) is 4.90 Å². The van der Waals surface area contributed by atoms with Gasteiger partial charge in [0.2, 0.25) is 0 Å². The molecule has 0 fully saturated rings. The van der Waals surface area contributed by atoms with Crippen LogP contribution in [0.5, 0.6) is 0 Å². The fourth-order valence-electron chi connectivity index (χ4n) is 1.17. The molecule has 1 unspecified atom stereocenters. The second kappa shape index (κ2) is 4.24. The zero-order chi connectivity index (χ0) is 8.97. The monoisotopic (exact) mass is 164 g/mol. The lowest BCUT2D eigenvalue weighted by Crippen LogP contribution is -2.20. The van der Waals surface area contributed by atoms with Crippen LogP contribution in [0.2, 0.25) is 0 Å². The van der Waals surface area contributed by atoms with E-state index in [9.17, 15) is 0 Å². The predicted octanol–water partition coefficient (Wildman–Crippen LogP) is 1.44. The molecule has 0 aliphatic rings. The lowest BCUT2D eigenvalue weighted by Gasteiger charge is -2.21. The predicted molar refractivity (Wildman–Crippen MR) is 49.4 cm³/mol. The van der Waals surface area contributed by atoms with E-state index in [1.807, 2.05) is 37.4 Å². The normalized spacial score (nSPS) is 13.3. The largest absolute Gasteiger partial charge is 0.394 e. The Balaban J connectivity index is 2.80. The van der Waals surface area contributed by atoms with Crippen LogP contribution < -0.4 is 0 Å². The molecule has 2 heteroatoms. The summed E-state index contributed by atoms with van der Waals surface area (Å²) in [6.45, 7) is 0.101. The van der Waals surface area contributed by atoms with Gasteiger partial charge in [-0.05, 0) is 12.6 Å². The van der Waals surface area contributed by atoms with Crippen molar-refractivity contribution in [2.24, 2.45) is 0 Å². The summed E-state index contributed by atoms with van der Waals surface area (Å²) in [5.41, 5.74) is 1.09. The zero-order valence-corrected chi connectivity index (χ0v) is 7.27. The number of aliphatic hydroxyl groups is 1. The minimum Gasteiger partial charge on any atom is -0.394 e. The molecule has 1 aromatic carbocycles. The molecule has 0 amide bonds. The van der Waals surface area contributed by atoms with Crippen LogP contribution in [0.15, 0.2) is 30.3 Å². The van der Waals surface area contributed by atoms with E-state index in [0.29, 0.717) is 0 Å². The van der Waals surface area contributed by atoms with E-state index in [1.165, 1.54) is 0 Å². The summed E-state index contributed by atoms with van der Waals surface area (Å²) < 4.78 is 0. The molecule has 1 aromatic rings. The highest BCUT2D eigenvalue weighted by molar-refractivity contribution is 5.18. The Morgan fingerprint density at radius 2 is 2.00 bits per heavy atom. The van der Waals surface area contributed by atoms with Gasteiger partial charge in [0.15, 0.2) is 0 Å². The van der Waals surface area contributed by atoms with E-state index >= 15 is 0 Å². The summed E-state index contributed by atoms with van der Waals surface area (Å²) >= 11 is 0. The molecule has 0 heterocycles. The molecule has 0 aliphatic heterocycles. The van der Waals surface area contributed by atoms with Crippen LogP contribution >= 0.6 is 0 Å². The van der Waals surface area contributed by atoms with Crippen LogP contribution in [-0.2, 0) is 0 Å². The van der Waals surface area contributed by atoms with Gasteiger partial charge in [0, 0.05) is 7.05 Å². The molecule has 0 saturated heterocycles. The van der Waals surface area contributed by atoms with Crippen LogP contribution in [0.1, 0.15) is 11.6 Å². The molecule has 0 bridgehead atoms. The van der Waals surface area contributed by atoms with Gasteiger partial charge in [-0.25, -0.2) is 0 Å². The molecule has 0 aromatic heterocycles. The van der Waals surface area contributed by atoms with Gasteiger partial charge >= 0.3 is 0 Å². The van der Waals surface area contributed by atoms with Gasteiger partial charge in [-0.1, -0.05) is 30.3 Å². The zero-order valence-electron chi connectivity index (χ0n) is 7.27. The van der Waals surface area contributed by atoms with Crippen molar-refractivity contribution in [2.45, 2.75) is 6.04 Å². The van der Waals surface area contributed by atoms with Crippen molar-refractivity contribution in [2.75, 3.05) is 13.7 Å². The molecule has 1 rings (SSSR count). The second-order valence-electron chi connectivity index (χ2n) is 2.87. The number of benzene rings is 1. The molecule has 2 nitrogen and oxygen atoms in total. The third-order valence-electron chi connectivity index (χ3n) is 1.89. The van der Waals surface area contributed by atoms with Crippen molar-refractivity contribution in [3.8, 4) is 0 Å². The maximum absolute atomic E-state index is 9.07. The summed E-state index contributed by atoms with van der Waals surface area (Å²) in [6.07, 6.45) is 0. The molecule has 1 atom stereocenters. The first-order valence-corrected chi connectivity index (χ1v) is 3.95. The third kappa shape index (κ3) is 2.06. The number of hydrogen-bond acceptors (Lipinski definition) is 2. The molecule has 0 saturated carbocycles. The van der Waals surface area contributed by atoms with Gasteiger partial charge in [-0.15, -0.1) is 0 Å². The van der Waals surface area contributed by atoms with Crippen LogP contribution in [0.3, 0.4) is 0 Å². The Kier molecular flexibility index (Phi) is 3.26. The maximum Gasteiger partial charge on any atom is 0.0628 e. The average molecular weight is 164 g/mol. The lowest BCUT2D eigenvalue weighted by atomic mass is 10.1. The van der Waals surface area contributed by atoms with Crippen LogP contribution in [0.4, 0.5) is 0 Å². The summed E-state index contributed by atoms with van der Waals surface area (Å²) in [5, 5.41) is 9.07. The van der Waals surface area contributed by atoms with Crippen molar-refractivity contribution in [3.63, 3.8) is 0 Å². The van der Waals surface area contributed by atoms with Gasteiger partial charge in [0.05, 0.1) is 12.6 Å². The standard InChI is InChI=1S/C10H14NO/c1-11(2)10(8-12)9-6-4-3-5-7-9/h3-7,10,12H,1,8H2,2H3. The number of likely N-dealkylation sites (N-methyl/N-ethyl adjacent to an activating group) is 1. The Morgan fingerprint density at radius 3 is 2.42 bits per heavy atom. The van der Waals surface area contributed by atoms with Crippen molar-refractivity contribution >= 4 is 0 Å². The van der Waals surface area contributed by atoms with Gasteiger partial charge in [0.1, 0.15) is 0 Å². The van der Waals surface area contributed by atoms with Gasteiger partial charge < -0.3 is 5.11 Å².